The monoisotopic (exact) mass is 462 g/mol. The summed E-state index contributed by atoms with van der Waals surface area (Å²) in [5.41, 5.74) is 4.15. The molecule has 0 aromatic heterocycles. The number of benzene rings is 3. The van der Waals surface area contributed by atoms with Crippen molar-refractivity contribution >= 4 is 24.0 Å². The van der Waals surface area contributed by atoms with Crippen LogP contribution < -0.4 is 15.5 Å². The highest BCUT2D eigenvalue weighted by molar-refractivity contribution is 7.67. The maximum absolute atomic E-state index is 15.1. The van der Waals surface area contributed by atoms with Crippen molar-refractivity contribution in [3.63, 3.8) is 0 Å². The normalized spacial score (nSPS) is 17.2. The highest BCUT2D eigenvalue weighted by Gasteiger charge is 2.40. The van der Waals surface area contributed by atoms with Crippen LogP contribution >= 0.6 is 7.37 Å². The van der Waals surface area contributed by atoms with Crippen molar-refractivity contribution in [2.24, 2.45) is 0 Å². The molecule has 1 fully saturated rings. The molecule has 3 aromatic carbocycles. The van der Waals surface area contributed by atoms with Gasteiger partial charge in [0.25, 0.3) is 7.37 Å². The fourth-order valence-electron chi connectivity index (χ4n) is 4.43. The second-order valence-corrected chi connectivity index (χ2v) is 11.6. The standard InChI is InChI=1S/C28H35N2O2P/c1-22-14-16-23(17-15-22)28(29-24-10-6-4-7-11-24)33(31,32-26-12-8-5-9-13-26)27-20-18-25(19-21-27)30(2)3/h4,6-7,10-11,14-21,26,28-29H,5,8-9,12-13H2,1-3H3/t28-,33-/m1/s1. The molecule has 0 bridgehead atoms. The van der Waals surface area contributed by atoms with Gasteiger partial charge in [-0.05, 0) is 61.7 Å². The van der Waals surface area contributed by atoms with E-state index in [2.05, 4.69) is 41.4 Å². The third-order valence-corrected chi connectivity index (χ3v) is 9.13. The van der Waals surface area contributed by atoms with E-state index in [9.17, 15) is 0 Å². The molecule has 0 amide bonds. The Kier molecular flexibility index (Phi) is 7.57. The predicted octanol–water partition coefficient (Wildman–Crippen LogP) is 7.12. The highest BCUT2D eigenvalue weighted by Crippen LogP contribution is 2.60. The first-order valence-electron chi connectivity index (χ1n) is 11.9. The van der Waals surface area contributed by atoms with Gasteiger partial charge in [0.15, 0.2) is 0 Å². The highest BCUT2D eigenvalue weighted by atomic mass is 31.2. The molecule has 4 nitrogen and oxygen atoms in total. The van der Waals surface area contributed by atoms with Crippen LogP contribution in [-0.2, 0) is 9.09 Å². The van der Waals surface area contributed by atoms with E-state index in [0.717, 1.165) is 47.9 Å². The van der Waals surface area contributed by atoms with Gasteiger partial charge in [-0.25, -0.2) is 0 Å². The predicted molar refractivity (Wildman–Crippen MR) is 140 cm³/mol. The molecule has 0 aliphatic heterocycles. The van der Waals surface area contributed by atoms with Crippen LogP contribution in [0, 0.1) is 6.92 Å². The fraction of sp³-hybridized carbons (Fsp3) is 0.357. The molecule has 3 aromatic rings. The van der Waals surface area contributed by atoms with Crippen molar-refractivity contribution in [3.8, 4) is 0 Å². The van der Waals surface area contributed by atoms with Crippen molar-refractivity contribution in [3.05, 3.63) is 90.0 Å². The third-order valence-electron chi connectivity index (χ3n) is 6.39. The van der Waals surface area contributed by atoms with Crippen LogP contribution in [-0.4, -0.2) is 20.2 Å². The van der Waals surface area contributed by atoms with E-state index in [1.54, 1.807) is 0 Å². The number of rotatable bonds is 8. The molecule has 0 spiro atoms. The van der Waals surface area contributed by atoms with Crippen molar-refractivity contribution in [2.75, 3.05) is 24.3 Å². The first-order chi connectivity index (χ1) is 16.0. The largest absolute Gasteiger partial charge is 0.378 e. The average Bonchev–Trinajstić information content (AvgIpc) is 2.84. The molecule has 0 saturated heterocycles. The van der Waals surface area contributed by atoms with Crippen LogP contribution in [0.1, 0.15) is 49.0 Å². The Balaban J connectivity index is 1.80. The van der Waals surface area contributed by atoms with Gasteiger partial charge in [-0.1, -0.05) is 67.3 Å². The third kappa shape index (κ3) is 5.69. The van der Waals surface area contributed by atoms with Crippen molar-refractivity contribution in [1.82, 2.24) is 0 Å². The lowest BCUT2D eigenvalue weighted by molar-refractivity contribution is 0.159. The minimum absolute atomic E-state index is 0.0173. The summed E-state index contributed by atoms with van der Waals surface area (Å²) in [4.78, 5) is 2.05. The molecular formula is C28H35N2O2P. The number of aryl methyl sites for hydroxylation is 1. The number of hydrogen-bond donors (Lipinski definition) is 1. The number of nitrogens with one attached hydrogen (secondary N) is 1. The summed E-state index contributed by atoms with van der Waals surface area (Å²) in [5, 5.41) is 4.34. The summed E-state index contributed by atoms with van der Waals surface area (Å²) in [5.74, 6) is -0.479. The van der Waals surface area contributed by atoms with Crippen LogP contribution in [0.2, 0.25) is 0 Å². The zero-order valence-corrected chi connectivity index (χ0v) is 20.8. The van der Waals surface area contributed by atoms with Gasteiger partial charge in [0.05, 0.1) is 6.10 Å². The van der Waals surface area contributed by atoms with E-state index in [4.69, 9.17) is 4.52 Å². The molecule has 1 aliphatic rings. The number of anilines is 2. The Morgan fingerprint density at radius 1 is 0.879 bits per heavy atom. The second kappa shape index (κ2) is 10.6. The molecule has 174 valence electrons. The Labute approximate surface area is 198 Å². The molecular weight excluding hydrogens is 427 g/mol. The zero-order valence-electron chi connectivity index (χ0n) is 19.9. The summed E-state index contributed by atoms with van der Waals surface area (Å²) < 4.78 is 21.7. The van der Waals surface area contributed by atoms with Gasteiger partial charge in [-0.2, -0.15) is 0 Å². The fourth-order valence-corrected chi connectivity index (χ4v) is 7.07. The maximum Gasteiger partial charge on any atom is 0.258 e. The molecule has 2 atom stereocenters. The van der Waals surface area contributed by atoms with Crippen LogP contribution in [0.25, 0.3) is 0 Å². The molecule has 1 N–H and O–H groups in total. The number of para-hydroxylation sites is 1. The number of nitrogens with zero attached hydrogens (tertiary/aromatic N) is 1. The van der Waals surface area contributed by atoms with E-state index in [1.165, 1.54) is 12.0 Å². The Bertz CT molecular complexity index is 1060. The van der Waals surface area contributed by atoms with Crippen molar-refractivity contribution in [1.29, 1.82) is 0 Å². The van der Waals surface area contributed by atoms with Crippen LogP contribution in [0.5, 0.6) is 0 Å². The molecule has 0 unspecified atom stereocenters. The first kappa shape index (κ1) is 23.6. The Morgan fingerprint density at radius 2 is 1.52 bits per heavy atom. The molecule has 0 radical (unpaired) electrons. The molecule has 5 heteroatoms. The van der Waals surface area contributed by atoms with Gasteiger partial charge in [0.2, 0.25) is 0 Å². The van der Waals surface area contributed by atoms with E-state index >= 15 is 4.57 Å². The van der Waals surface area contributed by atoms with Crippen LogP contribution in [0.3, 0.4) is 0 Å². The van der Waals surface area contributed by atoms with E-state index in [0.29, 0.717) is 0 Å². The maximum atomic E-state index is 15.1. The van der Waals surface area contributed by atoms with E-state index < -0.39 is 13.2 Å². The lowest BCUT2D eigenvalue weighted by atomic mass is 9.98. The minimum Gasteiger partial charge on any atom is -0.378 e. The van der Waals surface area contributed by atoms with Gasteiger partial charge in [0, 0.05) is 30.8 Å². The first-order valence-corrected chi connectivity index (χ1v) is 13.6. The number of hydrogen-bond acceptors (Lipinski definition) is 4. The van der Waals surface area contributed by atoms with Gasteiger partial charge in [-0.3, -0.25) is 4.57 Å². The molecule has 1 saturated carbocycles. The smallest absolute Gasteiger partial charge is 0.258 e. The second-order valence-electron chi connectivity index (χ2n) is 9.20. The Morgan fingerprint density at radius 3 is 2.12 bits per heavy atom. The summed E-state index contributed by atoms with van der Waals surface area (Å²) in [6, 6.07) is 26.3. The lowest BCUT2D eigenvalue weighted by Gasteiger charge is -2.34. The molecule has 33 heavy (non-hydrogen) atoms. The van der Waals surface area contributed by atoms with Crippen LogP contribution in [0.4, 0.5) is 11.4 Å². The minimum atomic E-state index is -3.33. The van der Waals surface area contributed by atoms with Gasteiger partial charge in [0.1, 0.15) is 5.78 Å². The molecule has 4 rings (SSSR count). The molecule has 1 aliphatic carbocycles. The Hall–Kier alpha value is -2.55. The van der Waals surface area contributed by atoms with Gasteiger partial charge < -0.3 is 14.7 Å². The average molecular weight is 463 g/mol. The summed E-state index contributed by atoms with van der Waals surface area (Å²) >= 11 is 0. The van der Waals surface area contributed by atoms with Crippen LogP contribution in [0.15, 0.2) is 78.9 Å². The van der Waals surface area contributed by atoms with Crippen molar-refractivity contribution < 1.29 is 9.09 Å². The summed E-state index contributed by atoms with van der Waals surface area (Å²) in [6.07, 6.45) is 5.43. The topological polar surface area (TPSA) is 41.6 Å². The SMILES string of the molecule is Cc1ccc([C@H](Nc2ccccc2)[P@](=O)(OC2CCCCC2)c2ccc(N(C)C)cc2)cc1. The zero-order chi connectivity index (χ0) is 23.3. The van der Waals surface area contributed by atoms with Gasteiger partial charge >= 0.3 is 0 Å². The van der Waals surface area contributed by atoms with E-state index in [-0.39, 0.29) is 6.10 Å². The van der Waals surface area contributed by atoms with Gasteiger partial charge in [-0.15, -0.1) is 0 Å². The quantitative estimate of drug-likeness (QED) is 0.362. The lowest BCUT2D eigenvalue weighted by Crippen LogP contribution is -2.25. The summed E-state index contributed by atoms with van der Waals surface area (Å²) in [6.45, 7) is 2.07. The van der Waals surface area contributed by atoms with Crippen molar-refractivity contribution in [2.45, 2.75) is 50.9 Å². The molecule has 0 heterocycles. The summed E-state index contributed by atoms with van der Waals surface area (Å²) in [7, 11) is 0.694. The van der Waals surface area contributed by atoms with E-state index in [1.807, 2.05) is 68.7 Å².